The zero-order chi connectivity index (χ0) is 19.2. The van der Waals surface area contributed by atoms with Gasteiger partial charge in [-0.1, -0.05) is 25.3 Å². The maximum Gasteiger partial charge on any atom is 0.416 e. The molecule has 0 unspecified atom stereocenters. The maximum absolute atomic E-state index is 12.8. The first-order valence-electron chi connectivity index (χ1n) is 8.74. The van der Waals surface area contributed by atoms with Crippen LogP contribution in [0.4, 0.5) is 18.9 Å². The number of alkyl halides is 3. The van der Waals surface area contributed by atoms with Gasteiger partial charge in [-0.15, -0.1) is 5.10 Å². The summed E-state index contributed by atoms with van der Waals surface area (Å²) in [4.78, 5) is 14.0. The van der Waals surface area contributed by atoms with Crippen molar-refractivity contribution in [1.82, 2.24) is 4.90 Å². The summed E-state index contributed by atoms with van der Waals surface area (Å²) in [5, 5.41) is 4.06. The van der Waals surface area contributed by atoms with Gasteiger partial charge in [0, 0.05) is 13.1 Å². The molecule has 1 aromatic rings. The molecule has 5 nitrogen and oxygen atoms in total. The first kappa shape index (κ1) is 20.1. The van der Waals surface area contributed by atoms with Crippen molar-refractivity contribution in [1.29, 1.82) is 0 Å². The number of ether oxygens (including phenoxy) is 1. The lowest BCUT2D eigenvalue weighted by Crippen LogP contribution is -2.43. The number of amidine groups is 1. The lowest BCUT2D eigenvalue weighted by Gasteiger charge is -2.32. The third-order valence-electron chi connectivity index (χ3n) is 4.40. The van der Waals surface area contributed by atoms with Crippen LogP contribution in [0.15, 0.2) is 29.4 Å². The molecule has 26 heavy (non-hydrogen) atoms. The van der Waals surface area contributed by atoms with Gasteiger partial charge in [-0.2, -0.15) is 13.2 Å². The number of hydrogen-bond acceptors (Lipinski definition) is 4. The summed E-state index contributed by atoms with van der Waals surface area (Å²) in [5.74, 6) is -0.531. The molecule has 0 spiro atoms. The summed E-state index contributed by atoms with van der Waals surface area (Å²) in [6.07, 6.45) is 0.762. The van der Waals surface area contributed by atoms with Gasteiger partial charge in [0.15, 0.2) is 0 Å². The number of carbonyl (C=O) groups is 1. The van der Waals surface area contributed by atoms with Gasteiger partial charge in [0.05, 0.1) is 17.9 Å². The molecule has 144 valence electrons. The van der Waals surface area contributed by atoms with E-state index in [1.165, 1.54) is 18.6 Å². The minimum atomic E-state index is -4.44. The van der Waals surface area contributed by atoms with E-state index in [9.17, 15) is 18.0 Å². The van der Waals surface area contributed by atoms with E-state index in [1.807, 2.05) is 0 Å². The molecule has 1 aromatic carbocycles. The fraction of sp³-hybridized carbons (Fsp3) is 0.556. The third kappa shape index (κ3) is 5.37. The number of nitrogens with one attached hydrogen (secondary N) is 1. The highest BCUT2D eigenvalue weighted by Crippen LogP contribution is 2.30. The van der Waals surface area contributed by atoms with Crippen molar-refractivity contribution in [2.45, 2.75) is 51.2 Å². The average molecular weight is 371 g/mol. The molecular formula is C18H24F3N3O2. The highest BCUT2D eigenvalue weighted by Gasteiger charge is 2.30. The SMILES string of the molecule is CCOC(=O)/C(=N/Nc1cccc(C(F)(F)F)c1)N(C)C1CCCCC1. The second-order valence-electron chi connectivity index (χ2n) is 6.25. The molecule has 0 bridgehead atoms. The number of esters is 1. The highest BCUT2D eigenvalue weighted by atomic mass is 19.4. The molecule has 1 aliphatic carbocycles. The molecule has 2 rings (SSSR count). The molecule has 1 fully saturated rings. The minimum Gasteiger partial charge on any atom is -0.460 e. The second kappa shape index (κ2) is 8.91. The molecule has 0 aromatic heterocycles. The Morgan fingerprint density at radius 2 is 2.00 bits per heavy atom. The number of hydrogen-bond donors (Lipinski definition) is 1. The number of nitrogens with zero attached hydrogens (tertiary/aromatic N) is 2. The van der Waals surface area contributed by atoms with E-state index in [-0.39, 0.29) is 24.2 Å². The minimum absolute atomic E-state index is 0.0659. The molecule has 0 radical (unpaired) electrons. The molecule has 0 aliphatic heterocycles. The lowest BCUT2D eigenvalue weighted by molar-refractivity contribution is -0.138. The van der Waals surface area contributed by atoms with E-state index >= 15 is 0 Å². The van der Waals surface area contributed by atoms with Gasteiger partial charge in [0.1, 0.15) is 0 Å². The quantitative estimate of drug-likeness (QED) is 0.372. The van der Waals surface area contributed by atoms with E-state index < -0.39 is 17.7 Å². The van der Waals surface area contributed by atoms with Crippen LogP contribution >= 0.6 is 0 Å². The standard InChI is InChI=1S/C18H24F3N3O2/c1-3-26-17(25)16(24(2)15-10-5-4-6-11-15)23-22-14-9-7-8-13(12-14)18(19,20)21/h7-9,12,15,22H,3-6,10-11H2,1-2H3/b23-16-. The van der Waals surface area contributed by atoms with Gasteiger partial charge in [-0.25, -0.2) is 4.79 Å². The average Bonchev–Trinajstić information content (AvgIpc) is 2.62. The Balaban J connectivity index is 2.20. The van der Waals surface area contributed by atoms with E-state index in [2.05, 4.69) is 10.5 Å². The molecule has 0 heterocycles. The smallest absolute Gasteiger partial charge is 0.416 e. The van der Waals surface area contributed by atoms with Gasteiger partial charge >= 0.3 is 12.1 Å². The van der Waals surface area contributed by atoms with Crippen LogP contribution in [0.25, 0.3) is 0 Å². The lowest BCUT2D eigenvalue weighted by atomic mass is 9.94. The van der Waals surface area contributed by atoms with Crippen LogP contribution < -0.4 is 5.43 Å². The number of benzene rings is 1. The highest BCUT2D eigenvalue weighted by molar-refractivity contribution is 6.35. The summed E-state index contributed by atoms with van der Waals surface area (Å²) in [7, 11) is 1.76. The van der Waals surface area contributed by atoms with Crippen LogP contribution in [0.5, 0.6) is 0 Å². The van der Waals surface area contributed by atoms with Crippen LogP contribution in [-0.2, 0) is 15.7 Å². The van der Waals surface area contributed by atoms with Gasteiger partial charge < -0.3 is 9.64 Å². The molecule has 0 amide bonds. The summed E-state index contributed by atoms with van der Waals surface area (Å²) >= 11 is 0. The number of likely N-dealkylation sites (N-methyl/N-ethyl adjacent to an activating group) is 1. The third-order valence-corrected chi connectivity index (χ3v) is 4.40. The van der Waals surface area contributed by atoms with Crippen LogP contribution in [0.1, 0.15) is 44.6 Å². The Kier molecular flexibility index (Phi) is 6.88. The summed E-state index contributed by atoms with van der Waals surface area (Å²) in [6.45, 7) is 1.89. The van der Waals surface area contributed by atoms with Crippen molar-refractivity contribution in [3.8, 4) is 0 Å². The Hall–Kier alpha value is -2.25. The number of rotatable bonds is 4. The van der Waals surface area contributed by atoms with E-state index in [4.69, 9.17) is 4.74 Å². The fourth-order valence-electron chi connectivity index (χ4n) is 2.99. The molecule has 1 aliphatic rings. The molecular weight excluding hydrogens is 347 g/mol. The van der Waals surface area contributed by atoms with E-state index in [1.54, 1.807) is 18.9 Å². The van der Waals surface area contributed by atoms with E-state index in [0.29, 0.717) is 0 Å². The fourth-order valence-corrected chi connectivity index (χ4v) is 2.99. The Bertz CT molecular complexity index is 641. The Labute approximate surface area is 151 Å². The Morgan fingerprint density at radius 1 is 1.31 bits per heavy atom. The van der Waals surface area contributed by atoms with Crippen molar-refractivity contribution < 1.29 is 22.7 Å². The molecule has 1 saturated carbocycles. The van der Waals surface area contributed by atoms with Crippen molar-refractivity contribution in [2.24, 2.45) is 5.10 Å². The molecule has 0 atom stereocenters. The molecule has 0 saturated heterocycles. The number of carbonyl (C=O) groups excluding carboxylic acids is 1. The van der Waals surface area contributed by atoms with Gasteiger partial charge in [-0.3, -0.25) is 5.43 Å². The Morgan fingerprint density at radius 3 is 2.62 bits per heavy atom. The largest absolute Gasteiger partial charge is 0.460 e. The zero-order valence-electron chi connectivity index (χ0n) is 15.0. The number of anilines is 1. The molecule has 1 N–H and O–H groups in total. The topological polar surface area (TPSA) is 53.9 Å². The number of hydrazone groups is 1. The van der Waals surface area contributed by atoms with Crippen LogP contribution in [0.3, 0.4) is 0 Å². The van der Waals surface area contributed by atoms with Crippen LogP contribution in [0.2, 0.25) is 0 Å². The van der Waals surface area contributed by atoms with Crippen molar-refractivity contribution in [3.05, 3.63) is 29.8 Å². The maximum atomic E-state index is 12.8. The normalized spacial score (nSPS) is 16.3. The monoisotopic (exact) mass is 371 g/mol. The van der Waals surface area contributed by atoms with Crippen LogP contribution in [-0.4, -0.2) is 36.4 Å². The van der Waals surface area contributed by atoms with Crippen molar-refractivity contribution >= 4 is 17.5 Å². The summed E-state index contributed by atoms with van der Waals surface area (Å²) < 4.78 is 43.5. The predicted molar refractivity (Wildman–Crippen MR) is 93.8 cm³/mol. The predicted octanol–water partition coefficient (Wildman–Crippen LogP) is 4.26. The first-order valence-corrected chi connectivity index (χ1v) is 8.74. The second-order valence-corrected chi connectivity index (χ2v) is 6.25. The van der Waals surface area contributed by atoms with Crippen molar-refractivity contribution in [2.75, 3.05) is 19.1 Å². The molecule has 8 heteroatoms. The van der Waals surface area contributed by atoms with E-state index in [0.717, 1.165) is 37.8 Å². The first-order chi connectivity index (χ1) is 12.3. The van der Waals surface area contributed by atoms with Crippen molar-refractivity contribution in [3.63, 3.8) is 0 Å². The van der Waals surface area contributed by atoms with Gasteiger partial charge in [-0.05, 0) is 38.0 Å². The number of halogens is 3. The van der Waals surface area contributed by atoms with Gasteiger partial charge in [0.2, 0.25) is 5.84 Å². The van der Waals surface area contributed by atoms with Crippen LogP contribution in [0, 0.1) is 0 Å². The van der Waals surface area contributed by atoms with Gasteiger partial charge in [0.25, 0.3) is 0 Å². The summed E-state index contributed by atoms with van der Waals surface area (Å²) in [6, 6.07) is 4.84. The summed E-state index contributed by atoms with van der Waals surface area (Å²) in [5.41, 5.74) is 1.93. The zero-order valence-corrected chi connectivity index (χ0v) is 15.0.